The van der Waals surface area contributed by atoms with Gasteiger partial charge in [-0.1, -0.05) is 0 Å². The lowest BCUT2D eigenvalue weighted by molar-refractivity contribution is 0.747. The van der Waals surface area contributed by atoms with E-state index in [0.29, 0.717) is 12.2 Å². The number of nitrogens with zero attached hydrogens (tertiary/aromatic N) is 3. The highest BCUT2D eigenvalue weighted by atomic mass is 15.3. The van der Waals surface area contributed by atoms with E-state index in [1.165, 1.54) is 0 Å². The Morgan fingerprint density at radius 1 is 1.54 bits per heavy atom. The minimum absolute atomic E-state index is 0.699. The van der Waals surface area contributed by atoms with Crippen LogP contribution in [0.5, 0.6) is 0 Å². The first-order valence-corrected chi connectivity index (χ1v) is 4.05. The van der Waals surface area contributed by atoms with Crippen molar-refractivity contribution in [1.82, 2.24) is 19.9 Å². The average Bonchev–Trinajstić information content (AvgIpc) is 2.49. The Labute approximate surface area is 75.6 Å². The number of nitrogens with one attached hydrogen (secondary N) is 1. The fourth-order valence-corrected chi connectivity index (χ4v) is 1.23. The van der Waals surface area contributed by atoms with Crippen LogP contribution in [0.2, 0.25) is 0 Å². The van der Waals surface area contributed by atoms with E-state index in [-0.39, 0.29) is 0 Å². The van der Waals surface area contributed by atoms with Crippen LogP contribution in [-0.2, 0) is 6.54 Å². The maximum atomic E-state index is 5.61. The van der Waals surface area contributed by atoms with Crippen molar-refractivity contribution in [3.63, 3.8) is 0 Å². The Kier molecular flexibility index (Phi) is 1.86. The highest BCUT2D eigenvalue weighted by Crippen LogP contribution is 2.07. The van der Waals surface area contributed by atoms with Gasteiger partial charge in [0.25, 0.3) is 0 Å². The number of pyridine rings is 1. The molecule has 0 aliphatic rings. The molecule has 0 amide bonds. The van der Waals surface area contributed by atoms with E-state index in [1.54, 1.807) is 6.07 Å². The van der Waals surface area contributed by atoms with Crippen LogP contribution in [0.3, 0.4) is 0 Å². The van der Waals surface area contributed by atoms with Gasteiger partial charge in [0, 0.05) is 18.0 Å². The third-order valence-corrected chi connectivity index (χ3v) is 1.84. The molecular formula is C8H11N5. The van der Waals surface area contributed by atoms with Gasteiger partial charge in [-0.15, -0.1) is 10.2 Å². The van der Waals surface area contributed by atoms with Crippen molar-refractivity contribution in [2.75, 3.05) is 12.8 Å². The first-order valence-electron chi connectivity index (χ1n) is 4.05. The van der Waals surface area contributed by atoms with E-state index in [0.717, 1.165) is 11.5 Å². The highest BCUT2D eigenvalue weighted by molar-refractivity contribution is 5.51. The number of nitrogen functional groups attached to an aromatic ring is 1. The van der Waals surface area contributed by atoms with Crippen molar-refractivity contribution in [2.24, 2.45) is 0 Å². The van der Waals surface area contributed by atoms with Crippen molar-refractivity contribution in [3.8, 4) is 0 Å². The molecule has 3 N–H and O–H groups in total. The minimum atomic E-state index is 0.699. The van der Waals surface area contributed by atoms with Crippen LogP contribution in [-0.4, -0.2) is 21.6 Å². The maximum Gasteiger partial charge on any atom is 0.162 e. The maximum absolute atomic E-state index is 5.61. The van der Waals surface area contributed by atoms with E-state index in [2.05, 4.69) is 15.5 Å². The molecule has 68 valence electrons. The van der Waals surface area contributed by atoms with Crippen LogP contribution in [0.15, 0.2) is 18.3 Å². The zero-order valence-corrected chi connectivity index (χ0v) is 7.36. The van der Waals surface area contributed by atoms with Gasteiger partial charge in [0.2, 0.25) is 0 Å². The second-order valence-electron chi connectivity index (χ2n) is 2.83. The summed E-state index contributed by atoms with van der Waals surface area (Å²) >= 11 is 0. The lowest BCUT2D eigenvalue weighted by atomic mass is 10.4. The van der Waals surface area contributed by atoms with Crippen molar-refractivity contribution in [1.29, 1.82) is 0 Å². The molecule has 0 unspecified atom stereocenters. The number of nitrogens with two attached hydrogens (primary N) is 1. The molecule has 0 fully saturated rings. The highest BCUT2D eigenvalue weighted by Gasteiger charge is 2.02. The molecule has 0 radical (unpaired) electrons. The van der Waals surface area contributed by atoms with Crippen LogP contribution in [0.1, 0.15) is 5.82 Å². The number of anilines is 1. The van der Waals surface area contributed by atoms with Crippen LogP contribution < -0.4 is 11.1 Å². The van der Waals surface area contributed by atoms with Crippen molar-refractivity contribution < 1.29 is 0 Å². The molecule has 0 aliphatic heterocycles. The Hall–Kier alpha value is -1.62. The number of hydrogen-bond donors (Lipinski definition) is 2. The number of aromatic nitrogens is 3. The Morgan fingerprint density at radius 2 is 2.38 bits per heavy atom. The molecule has 0 spiro atoms. The lowest BCUT2D eigenvalue weighted by Gasteiger charge is -1.98. The SMILES string of the molecule is CNCc1nnc2cc(N)ccn12. The van der Waals surface area contributed by atoms with E-state index >= 15 is 0 Å². The predicted molar refractivity (Wildman–Crippen MR) is 50.2 cm³/mol. The summed E-state index contributed by atoms with van der Waals surface area (Å²) in [5.74, 6) is 0.887. The molecule has 0 atom stereocenters. The zero-order chi connectivity index (χ0) is 9.26. The number of rotatable bonds is 2. The van der Waals surface area contributed by atoms with Crippen LogP contribution in [0.25, 0.3) is 5.65 Å². The molecule has 13 heavy (non-hydrogen) atoms. The third-order valence-electron chi connectivity index (χ3n) is 1.84. The fraction of sp³-hybridized carbons (Fsp3) is 0.250. The predicted octanol–water partition coefficient (Wildman–Crippen LogP) is 0.0309. The average molecular weight is 177 g/mol. The van der Waals surface area contributed by atoms with Gasteiger partial charge in [0.05, 0.1) is 6.54 Å². The van der Waals surface area contributed by atoms with Crippen LogP contribution >= 0.6 is 0 Å². The van der Waals surface area contributed by atoms with Gasteiger partial charge in [-0.3, -0.25) is 4.40 Å². The van der Waals surface area contributed by atoms with Crippen molar-refractivity contribution in [2.45, 2.75) is 6.54 Å². The lowest BCUT2D eigenvalue weighted by Crippen LogP contribution is -2.08. The molecule has 5 heteroatoms. The Morgan fingerprint density at radius 3 is 3.15 bits per heavy atom. The van der Waals surface area contributed by atoms with Gasteiger partial charge < -0.3 is 11.1 Å². The summed E-state index contributed by atoms with van der Waals surface area (Å²) in [7, 11) is 1.87. The molecule has 2 aromatic rings. The summed E-state index contributed by atoms with van der Waals surface area (Å²) in [6.45, 7) is 0.699. The molecule has 0 bridgehead atoms. The first kappa shape index (κ1) is 8.00. The largest absolute Gasteiger partial charge is 0.399 e. The van der Waals surface area contributed by atoms with E-state index in [1.807, 2.05) is 23.7 Å². The normalized spacial score (nSPS) is 10.8. The third kappa shape index (κ3) is 1.33. The molecule has 5 nitrogen and oxygen atoms in total. The topological polar surface area (TPSA) is 68.2 Å². The summed E-state index contributed by atoms with van der Waals surface area (Å²) < 4.78 is 1.91. The number of hydrogen-bond acceptors (Lipinski definition) is 4. The molecule has 0 aliphatic carbocycles. The summed E-state index contributed by atoms with van der Waals surface area (Å²) in [4.78, 5) is 0. The van der Waals surface area contributed by atoms with E-state index < -0.39 is 0 Å². The van der Waals surface area contributed by atoms with Gasteiger partial charge in [0.1, 0.15) is 0 Å². The smallest absolute Gasteiger partial charge is 0.162 e. The van der Waals surface area contributed by atoms with Gasteiger partial charge >= 0.3 is 0 Å². The van der Waals surface area contributed by atoms with Gasteiger partial charge in [0.15, 0.2) is 11.5 Å². The molecular weight excluding hydrogens is 166 g/mol. The van der Waals surface area contributed by atoms with Crippen LogP contribution in [0.4, 0.5) is 5.69 Å². The van der Waals surface area contributed by atoms with Crippen molar-refractivity contribution in [3.05, 3.63) is 24.2 Å². The van der Waals surface area contributed by atoms with Crippen molar-refractivity contribution >= 4 is 11.3 Å². The summed E-state index contributed by atoms with van der Waals surface area (Å²) in [5, 5.41) is 11.0. The second-order valence-corrected chi connectivity index (χ2v) is 2.83. The molecule has 2 aromatic heterocycles. The standard InChI is InChI=1S/C8H11N5/c1-10-5-8-12-11-7-4-6(9)2-3-13(7)8/h2-4,10H,5,9H2,1H3. The number of fused-ring (bicyclic) bond motifs is 1. The molecule has 0 saturated heterocycles. The molecule has 2 heterocycles. The molecule has 0 aromatic carbocycles. The summed E-state index contributed by atoms with van der Waals surface area (Å²) in [5.41, 5.74) is 7.10. The summed E-state index contributed by atoms with van der Waals surface area (Å²) in [6.07, 6.45) is 1.87. The summed E-state index contributed by atoms with van der Waals surface area (Å²) in [6, 6.07) is 3.63. The van der Waals surface area contributed by atoms with E-state index in [9.17, 15) is 0 Å². The zero-order valence-electron chi connectivity index (χ0n) is 7.36. The minimum Gasteiger partial charge on any atom is -0.399 e. The monoisotopic (exact) mass is 177 g/mol. The van der Waals surface area contributed by atoms with Crippen LogP contribution in [0, 0.1) is 0 Å². The molecule has 0 saturated carbocycles. The fourth-order valence-electron chi connectivity index (χ4n) is 1.23. The molecule has 2 rings (SSSR count). The van der Waals surface area contributed by atoms with E-state index in [4.69, 9.17) is 5.73 Å². The quantitative estimate of drug-likeness (QED) is 0.679. The van der Waals surface area contributed by atoms with Gasteiger partial charge in [-0.25, -0.2) is 0 Å². The van der Waals surface area contributed by atoms with Gasteiger partial charge in [-0.2, -0.15) is 0 Å². The van der Waals surface area contributed by atoms with Gasteiger partial charge in [-0.05, 0) is 13.1 Å². The first-order chi connectivity index (χ1) is 6.31. The Bertz CT molecular complexity index is 419. The second kappa shape index (κ2) is 3.02. The Balaban J connectivity index is 2.55.